The van der Waals surface area contributed by atoms with Gasteiger partial charge in [-0.25, -0.2) is 15.0 Å². The van der Waals surface area contributed by atoms with Crippen molar-refractivity contribution in [2.24, 2.45) is 7.05 Å². The molecule has 3 aromatic heterocycles. The third-order valence-electron chi connectivity index (χ3n) is 3.74. The number of hydrogen-bond donors (Lipinski definition) is 1. The van der Waals surface area contributed by atoms with E-state index in [1.807, 2.05) is 18.6 Å². The lowest BCUT2D eigenvalue weighted by Gasteiger charge is -2.28. The quantitative estimate of drug-likeness (QED) is 0.710. The Kier molecular flexibility index (Phi) is 2.11. The van der Waals surface area contributed by atoms with Crippen LogP contribution in [0.1, 0.15) is 11.4 Å². The van der Waals surface area contributed by atoms with E-state index in [9.17, 15) is 0 Å². The molecule has 0 fully saturated rings. The highest BCUT2D eigenvalue weighted by atomic mass is 15.2. The lowest BCUT2D eigenvalue weighted by atomic mass is 10.1. The Balaban J connectivity index is 1.76. The van der Waals surface area contributed by atoms with Crippen LogP contribution < -0.4 is 4.90 Å². The van der Waals surface area contributed by atoms with Crippen LogP contribution in [-0.4, -0.2) is 31.0 Å². The molecular formula is C13H14N6. The standard InChI is InChI=1S/C13H14N6/c1-18-8-17-10-6-19(5-3-11(10)18)13-9-2-4-14-12(9)15-7-16-13/h2,4,7-8H,3,5-6H2,1H3,(H,14,15,16). The van der Waals surface area contributed by atoms with Crippen LogP contribution in [0.3, 0.4) is 0 Å². The smallest absolute Gasteiger partial charge is 0.142 e. The zero-order valence-corrected chi connectivity index (χ0v) is 10.7. The molecule has 0 atom stereocenters. The number of fused-ring (bicyclic) bond motifs is 2. The first-order valence-electron chi connectivity index (χ1n) is 6.35. The minimum absolute atomic E-state index is 0.813. The van der Waals surface area contributed by atoms with Gasteiger partial charge in [0.05, 0.1) is 24.0 Å². The maximum atomic E-state index is 4.47. The highest BCUT2D eigenvalue weighted by Gasteiger charge is 2.22. The van der Waals surface area contributed by atoms with Gasteiger partial charge < -0.3 is 14.5 Å². The van der Waals surface area contributed by atoms with E-state index >= 15 is 0 Å². The fourth-order valence-electron chi connectivity index (χ4n) is 2.75. The summed E-state index contributed by atoms with van der Waals surface area (Å²) in [4.78, 5) is 18.5. The van der Waals surface area contributed by atoms with Crippen molar-refractivity contribution in [2.45, 2.75) is 13.0 Å². The molecule has 1 aliphatic heterocycles. The zero-order chi connectivity index (χ0) is 12.8. The minimum atomic E-state index is 0.813. The molecule has 3 aromatic rings. The SMILES string of the molecule is Cn1cnc2c1CCN(c1ncnc3[nH]ccc13)C2. The van der Waals surface area contributed by atoms with Crippen molar-refractivity contribution in [2.75, 3.05) is 11.4 Å². The topological polar surface area (TPSA) is 62.6 Å². The Hall–Kier alpha value is -2.37. The first-order chi connectivity index (χ1) is 9.33. The summed E-state index contributed by atoms with van der Waals surface area (Å²) >= 11 is 0. The van der Waals surface area contributed by atoms with Crippen molar-refractivity contribution >= 4 is 16.9 Å². The summed E-state index contributed by atoms with van der Waals surface area (Å²) in [6.45, 7) is 1.78. The third-order valence-corrected chi connectivity index (χ3v) is 3.74. The van der Waals surface area contributed by atoms with Crippen molar-refractivity contribution < 1.29 is 0 Å². The fourth-order valence-corrected chi connectivity index (χ4v) is 2.75. The average Bonchev–Trinajstić information content (AvgIpc) is 3.05. The predicted octanol–water partition coefficient (Wildman–Crippen LogP) is 1.25. The van der Waals surface area contributed by atoms with Gasteiger partial charge in [0.25, 0.3) is 0 Å². The number of nitrogens with zero attached hydrogens (tertiary/aromatic N) is 5. The van der Waals surface area contributed by atoms with Crippen LogP contribution in [0.25, 0.3) is 11.0 Å². The number of nitrogens with one attached hydrogen (secondary N) is 1. The van der Waals surface area contributed by atoms with E-state index in [2.05, 4.69) is 36.5 Å². The molecule has 0 aromatic carbocycles. The van der Waals surface area contributed by atoms with Crippen LogP contribution in [0.15, 0.2) is 24.9 Å². The molecule has 6 nitrogen and oxygen atoms in total. The zero-order valence-electron chi connectivity index (χ0n) is 10.7. The summed E-state index contributed by atoms with van der Waals surface area (Å²) in [7, 11) is 2.05. The van der Waals surface area contributed by atoms with E-state index in [1.54, 1.807) is 6.33 Å². The largest absolute Gasteiger partial charge is 0.350 e. The number of rotatable bonds is 1. The molecule has 1 aliphatic rings. The number of aromatic nitrogens is 5. The molecular weight excluding hydrogens is 240 g/mol. The maximum absolute atomic E-state index is 4.47. The monoisotopic (exact) mass is 254 g/mol. The van der Waals surface area contributed by atoms with Crippen LogP contribution in [0.5, 0.6) is 0 Å². The molecule has 0 spiro atoms. The van der Waals surface area contributed by atoms with Gasteiger partial charge in [-0.1, -0.05) is 0 Å². The van der Waals surface area contributed by atoms with Gasteiger partial charge in [-0.05, 0) is 6.07 Å². The second kappa shape index (κ2) is 3.81. The summed E-state index contributed by atoms with van der Waals surface area (Å²) in [5, 5.41) is 1.07. The summed E-state index contributed by atoms with van der Waals surface area (Å²) < 4.78 is 2.11. The first-order valence-corrected chi connectivity index (χ1v) is 6.35. The molecule has 0 radical (unpaired) electrons. The molecule has 0 saturated carbocycles. The first kappa shape index (κ1) is 10.5. The molecule has 19 heavy (non-hydrogen) atoms. The summed E-state index contributed by atoms with van der Waals surface area (Å²) in [6.07, 6.45) is 6.41. The Morgan fingerprint density at radius 3 is 3.16 bits per heavy atom. The normalized spacial score (nSPS) is 14.9. The Bertz CT molecular complexity index is 741. The molecule has 0 bridgehead atoms. The van der Waals surface area contributed by atoms with Gasteiger partial charge >= 0.3 is 0 Å². The minimum Gasteiger partial charge on any atom is -0.350 e. The lowest BCUT2D eigenvalue weighted by molar-refractivity contribution is 0.678. The van der Waals surface area contributed by atoms with Crippen molar-refractivity contribution in [3.05, 3.63) is 36.3 Å². The number of aryl methyl sites for hydroxylation is 1. The second-order valence-electron chi connectivity index (χ2n) is 4.86. The van der Waals surface area contributed by atoms with Gasteiger partial charge in [0, 0.05) is 31.9 Å². The van der Waals surface area contributed by atoms with Crippen LogP contribution in [0, 0.1) is 0 Å². The van der Waals surface area contributed by atoms with E-state index in [-0.39, 0.29) is 0 Å². The number of imidazole rings is 1. The summed E-state index contributed by atoms with van der Waals surface area (Å²) in [5.41, 5.74) is 3.36. The molecule has 6 heteroatoms. The third kappa shape index (κ3) is 1.53. The maximum Gasteiger partial charge on any atom is 0.142 e. The van der Waals surface area contributed by atoms with Crippen LogP contribution in [0.2, 0.25) is 0 Å². The Labute approximate surface area is 110 Å². The molecule has 4 rings (SSSR count). The number of aromatic amines is 1. The van der Waals surface area contributed by atoms with Crippen LogP contribution in [0.4, 0.5) is 5.82 Å². The van der Waals surface area contributed by atoms with Crippen molar-refractivity contribution in [3.63, 3.8) is 0 Å². The van der Waals surface area contributed by atoms with Gasteiger partial charge in [0.1, 0.15) is 17.8 Å². The summed E-state index contributed by atoms with van der Waals surface area (Å²) in [6, 6.07) is 2.03. The predicted molar refractivity (Wildman–Crippen MR) is 71.9 cm³/mol. The van der Waals surface area contributed by atoms with E-state index in [1.165, 1.54) is 5.69 Å². The lowest BCUT2D eigenvalue weighted by Crippen LogP contribution is -2.31. The fraction of sp³-hybridized carbons (Fsp3) is 0.308. The Morgan fingerprint density at radius 1 is 1.26 bits per heavy atom. The van der Waals surface area contributed by atoms with Crippen LogP contribution in [-0.2, 0) is 20.0 Å². The second-order valence-corrected chi connectivity index (χ2v) is 4.86. The van der Waals surface area contributed by atoms with Gasteiger partial charge in [-0.2, -0.15) is 0 Å². The molecule has 0 amide bonds. The Morgan fingerprint density at radius 2 is 2.21 bits per heavy atom. The summed E-state index contributed by atoms with van der Waals surface area (Å²) in [5.74, 6) is 0.988. The van der Waals surface area contributed by atoms with Crippen molar-refractivity contribution in [1.82, 2.24) is 24.5 Å². The van der Waals surface area contributed by atoms with Crippen molar-refractivity contribution in [1.29, 1.82) is 0 Å². The van der Waals surface area contributed by atoms with E-state index in [0.29, 0.717) is 0 Å². The van der Waals surface area contributed by atoms with Gasteiger partial charge in [0.2, 0.25) is 0 Å². The molecule has 0 aliphatic carbocycles. The van der Waals surface area contributed by atoms with Crippen molar-refractivity contribution in [3.8, 4) is 0 Å². The number of H-pyrrole nitrogens is 1. The van der Waals surface area contributed by atoms with E-state index in [0.717, 1.165) is 42.1 Å². The van der Waals surface area contributed by atoms with Crippen LogP contribution >= 0.6 is 0 Å². The van der Waals surface area contributed by atoms with E-state index < -0.39 is 0 Å². The number of anilines is 1. The number of hydrogen-bond acceptors (Lipinski definition) is 4. The molecule has 4 heterocycles. The molecule has 96 valence electrons. The van der Waals surface area contributed by atoms with Gasteiger partial charge in [-0.15, -0.1) is 0 Å². The molecule has 0 unspecified atom stereocenters. The van der Waals surface area contributed by atoms with Gasteiger partial charge in [0.15, 0.2) is 0 Å². The highest BCUT2D eigenvalue weighted by Crippen LogP contribution is 2.26. The average molecular weight is 254 g/mol. The molecule has 0 saturated heterocycles. The van der Waals surface area contributed by atoms with E-state index in [4.69, 9.17) is 0 Å². The highest BCUT2D eigenvalue weighted by molar-refractivity contribution is 5.87. The molecule has 1 N–H and O–H groups in total. The van der Waals surface area contributed by atoms with Gasteiger partial charge in [-0.3, -0.25) is 0 Å².